The number of fused-ring (bicyclic) bond motifs is 2. The van der Waals surface area contributed by atoms with E-state index in [1.54, 1.807) is 24.3 Å². The number of Topliss-reactive ketones (excluding diaryl/α,β-unsaturated/α-hetero) is 1. The summed E-state index contributed by atoms with van der Waals surface area (Å²) in [7, 11) is 1.50. The number of pyridine rings is 2. The second-order valence-electron chi connectivity index (χ2n) is 8.80. The van der Waals surface area contributed by atoms with Crippen molar-refractivity contribution < 1.29 is 14.3 Å². The number of aromatic nitrogens is 6. The number of hydrogen-bond donors (Lipinski definition) is 1. The van der Waals surface area contributed by atoms with Gasteiger partial charge in [-0.1, -0.05) is 24.3 Å². The highest BCUT2D eigenvalue weighted by Crippen LogP contribution is 2.33. The first-order chi connectivity index (χ1) is 18.0. The molecule has 0 bridgehead atoms. The van der Waals surface area contributed by atoms with Crippen LogP contribution in [0.2, 0.25) is 0 Å². The second kappa shape index (κ2) is 8.98. The quantitative estimate of drug-likeness (QED) is 0.295. The van der Waals surface area contributed by atoms with Crippen LogP contribution >= 0.6 is 0 Å². The van der Waals surface area contributed by atoms with Crippen LogP contribution in [0.15, 0.2) is 61.3 Å². The molecule has 1 amide bonds. The summed E-state index contributed by atoms with van der Waals surface area (Å²) in [4.78, 5) is 44.7. The highest BCUT2D eigenvalue weighted by Gasteiger charge is 2.31. The molecule has 0 saturated carbocycles. The van der Waals surface area contributed by atoms with Crippen LogP contribution in [0.5, 0.6) is 5.75 Å². The first-order valence-electron chi connectivity index (χ1n) is 11.8. The Bertz CT molecular complexity index is 1660. The number of hydrogen-bond acceptors (Lipinski definition) is 7. The van der Waals surface area contributed by atoms with E-state index in [2.05, 4.69) is 25.0 Å². The van der Waals surface area contributed by atoms with Gasteiger partial charge in [0.25, 0.3) is 11.7 Å². The largest absolute Gasteiger partial charge is 0.494 e. The van der Waals surface area contributed by atoms with Gasteiger partial charge in [0.05, 0.1) is 35.5 Å². The van der Waals surface area contributed by atoms with Crippen LogP contribution in [0.3, 0.4) is 0 Å². The summed E-state index contributed by atoms with van der Waals surface area (Å²) in [5.41, 5.74) is 4.88. The maximum atomic E-state index is 13.5. The Kier molecular flexibility index (Phi) is 5.48. The number of methoxy groups -OCH3 is 1. The van der Waals surface area contributed by atoms with E-state index < -0.39 is 11.7 Å². The van der Waals surface area contributed by atoms with E-state index >= 15 is 0 Å². The lowest BCUT2D eigenvalue weighted by atomic mass is 9.92. The number of carbonyl (C=O) groups excluding carboxylic acids is 2. The third-order valence-corrected chi connectivity index (χ3v) is 6.63. The van der Waals surface area contributed by atoms with Gasteiger partial charge in [0.2, 0.25) is 0 Å². The van der Waals surface area contributed by atoms with Gasteiger partial charge in [0.1, 0.15) is 17.9 Å². The molecular formula is C27H23N7O3. The molecule has 0 fully saturated rings. The number of amides is 1. The van der Waals surface area contributed by atoms with Crippen molar-refractivity contribution >= 4 is 22.6 Å². The smallest absolute Gasteiger partial charge is 0.295 e. The summed E-state index contributed by atoms with van der Waals surface area (Å²) in [6.07, 6.45) is 6.99. The lowest BCUT2D eigenvalue weighted by molar-refractivity contribution is -0.127. The lowest BCUT2D eigenvalue weighted by Gasteiger charge is -2.29. The maximum Gasteiger partial charge on any atom is 0.295 e. The number of aromatic amines is 1. The Balaban J connectivity index is 1.32. The molecule has 1 aromatic carbocycles. The number of carbonyl (C=O) groups is 2. The zero-order valence-corrected chi connectivity index (χ0v) is 20.3. The number of ether oxygens (including phenoxy) is 1. The van der Waals surface area contributed by atoms with Gasteiger partial charge < -0.3 is 14.6 Å². The predicted octanol–water partition coefficient (Wildman–Crippen LogP) is 3.29. The molecule has 0 radical (unpaired) electrons. The zero-order valence-electron chi connectivity index (χ0n) is 20.3. The third kappa shape index (κ3) is 3.83. The number of ketones is 1. The van der Waals surface area contributed by atoms with Gasteiger partial charge in [-0.3, -0.25) is 14.6 Å². The monoisotopic (exact) mass is 493 g/mol. The lowest BCUT2D eigenvalue weighted by Crippen LogP contribution is -2.40. The van der Waals surface area contributed by atoms with Crippen molar-refractivity contribution in [2.45, 2.75) is 19.9 Å². The minimum absolute atomic E-state index is 0.227. The molecule has 4 aromatic heterocycles. The Labute approximate surface area is 212 Å². The van der Waals surface area contributed by atoms with E-state index in [9.17, 15) is 9.59 Å². The topological polar surface area (TPSA) is 119 Å². The number of H-pyrrole nitrogens is 1. The summed E-state index contributed by atoms with van der Waals surface area (Å²) >= 11 is 0. The van der Waals surface area contributed by atoms with Crippen LogP contribution in [0, 0.1) is 6.92 Å². The fraction of sp³-hybridized carbons (Fsp3) is 0.185. The Hall–Kier alpha value is -4.86. The molecule has 37 heavy (non-hydrogen) atoms. The number of aryl methyl sites for hydroxylation is 1. The maximum absolute atomic E-state index is 13.5. The molecular weight excluding hydrogens is 470 g/mol. The van der Waals surface area contributed by atoms with Gasteiger partial charge in [-0.2, -0.15) is 5.10 Å². The van der Waals surface area contributed by atoms with E-state index in [1.807, 2.05) is 36.4 Å². The van der Waals surface area contributed by atoms with Gasteiger partial charge in [0, 0.05) is 31.0 Å². The van der Waals surface area contributed by atoms with Gasteiger partial charge in [0.15, 0.2) is 5.82 Å². The van der Waals surface area contributed by atoms with E-state index in [4.69, 9.17) is 4.74 Å². The minimum Gasteiger partial charge on any atom is -0.494 e. The molecule has 5 aromatic rings. The Morgan fingerprint density at radius 2 is 1.97 bits per heavy atom. The molecule has 0 atom stereocenters. The minimum atomic E-state index is -0.610. The first-order valence-corrected chi connectivity index (χ1v) is 11.8. The van der Waals surface area contributed by atoms with Crippen LogP contribution in [0.25, 0.3) is 28.0 Å². The van der Waals surface area contributed by atoms with Gasteiger partial charge in [-0.15, -0.1) is 0 Å². The molecule has 184 valence electrons. The van der Waals surface area contributed by atoms with Crippen molar-refractivity contribution in [3.8, 4) is 22.8 Å². The van der Waals surface area contributed by atoms with Crippen LogP contribution in [-0.4, -0.2) is 60.0 Å². The Morgan fingerprint density at radius 3 is 2.73 bits per heavy atom. The average molecular weight is 494 g/mol. The molecule has 0 spiro atoms. The fourth-order valence-electron chi connectivity index (χ4n) is 4.86. The molecule has 1 N–H and O–H groups in total. The molecule has 1 aliphatic rings. The normalized spacial score (nSPS) is 13.0. The van der Waals surface area contributed by atoms with Crippen molar-refractivity contribution in [2.75, 3.05) is 13.7 Å². The summed E-state index contributed by atoms with van der Waals surface area (Å²) < 4.78 is 7.01. The molecule has 0 unspecified atom stereocenters. The van der Waals surface area contributed by atoms with Crippen LogP contribution < -0.4 is 4.74 Å². The van der Waals surface area contributed by atoms with Crippen molar-refractivity contribution in [2.24, 2.45) is 0 Å². The van der Waals surface area contributed by atoms with E-state index in [0.29, 0.717) is 47.8 Å². The van der Waals surface area contributed by atoms with Crippen molar-refractivity contribution in [1.82, 2.24) is 34.6 Å². The number of benzene rings is 1. The SMILES string of the molecule is COc1cnc(-n2cnc(C)n2)c2[nH]cc(C(=O)C(=O)N3CCc4c(cccc4-c4ccccn4)C3)c12. The van der Waals surface area contributed by atoms with Crippen molar-refractivity contribution in [3.63, 3.8) is 0 Å². The highest BCUT2D eigenvalue weighted by atomic mass is 16.5. The van der Waals surface area contributed by atoms with Crippen LogP contribution in [0.4, 0.5) is 0 Å². The third-order valence-electron chi connectivity index (χ3n) is 6.63. The number of nitrogens with zero attached hydrogens (tertiary/aromatic N) is 6. The van der Waals surface area contributed by atoms with E-state index in [-0.39, 0.29) is 5.56 Å². The zero-order chi connectivity index (χ0) is 25.5. The first kappa shape index (κ1) is 22.6. The summed E-state index contributed by atoms with van der Waals surface area (Å²) in [5, 5.41) is 4.80. The predicted molar refractivity (Wildman–Crippen MR) is 135 cm³/mol. The fourth-order valence-corrected chi connectivity index (χ4v) is 4.86. The standard InChI is InChI=1S/C27H23N7O3/c1-16-31-15-34(32-16)26-24-23(22(37-2)13-30-26)20(12-29-24)25(35)27(36)33-11-9-18-17(14-33)6-5-7-19(18)21-8-3-4-10-28-21/h3-8,10,12-13,15,29H,9,11,14H2,1-2H3. The molecule has 5 heterocycles. The molecule has 1 aliphatic heterocycles. The number of rotatable bonds is 5. The molecule has 0 aliphatic carbocycles. The van der Waals surface area contributed by atoms with Crippen LogP contribution in [-0.2, 0) is 17.8 Å². The van der Waals surface area contributed by atoms with Crippen molar-refractivity contribution in [3.05, 3.63) is 83.8 Å². The highest BCUT2D eigenvalue weighted by molar-refractivity contribution is 6.45. The molecule has 10 nitrogen and oxygen atoms in total. The molecule has 10 heteroatoms. The van der Waals surface area contributed by atoms with Gasteiger partial charge in [-0.25, -0.2) is 14.6 Å². The van der Waals surface area contributed by atoms with E-state index in [1.165, 1.54) is 24.2 Å². The van der Waals surface area contributed by atoms with Gasteiger partial charge in [-0.05, 0) is 36.6 Å². The number of nitrogens with one attached hydrogen (secondary N) is 1. The van der Waals surface area contributed by atoms with E-state index in [0.717, 1.165) is 22.4 Å². The molecule has 0 saturated heterocycles. The second-order valence-corrected chi connectivity index (χ2v) is 8.80. The summed E-state index contributed by atoms with van der Waals surface area (Å²) in [6, 6.07) is 11.8. The molecule has 6 rings (SSSR count). The van der Waals surface area contributed by atoms with Gasteiger partial charge >= 0.3 is 0 Å². The summed E-state index contributed by atoms with van der Waals surface area (Å²) in [6.45, 7) is 2.56. The van der Waals surface area contributed by atoms with Crippen molar-refractivity contribution in [1.29, 1.82) is 0 Å². The summed E-state index contributed by atoms with van der Waals surface area (Å²) in [5.74, 6) is 0.252. The average Bonchev–Trinajstić information content (AvgIpc) is 3.58. The van der Waals surface area contributed by atoms with Crippen LogP contribution in [0.1, 0.15) is 27.3 Å². The Morgan fingerprint density at radius 1 is 1.08 bits per heavy atom.